The van der Waals surface area contributed by atoms with Gasteiger partial charge in [0.05, 0.1) is 12.3 Å². The number of rotatable bonds is 7. The molecule has 27 heavy (non-hydrogen) atoms. The van der Waals surface area contributed by atoms with E-state index in [2.05, 4.69) is 10.4 Å². The number of para-hydroxylation sites is 1. The van der Waals surface area contributed by atoms with Crippen molar-refractivity contribution in [2.75, 3.05) is 18.5 Å². The van der Waals surface area contributed by atoms with E-state index in [9.17, 15) is 9.59 Å². The molecule has 0 fully saturated rings. The lowest BCUT2D eigenvalue weighted by atomic mass is 10.3. The zero-order chi connectivity index (χ0) is 19.1. The molecule has 3 aromatic rings. The van der Waals surface area contributed by atoms with Crippen molar-refractivity contribution in [1.82, 2.24) is 9.78 Å². The lowest BCUT2D eigenvalue weighted by Crippen LogP contribution is -2.20. The van der Waals surface area contributed by atoms with Crippen molar-refractivity contribution in [3.05, 3.63) is 72.6 Å². The molecule has 3 rings (SSSR count). The first-order chi connectivity index (χ1) is 13.2. The number of benzene rings is 2. The van der Waals surface area contributed by atoms with Gasteiger partial charge in [-0.2, -0.15) is 5.10 Å². The van der Waals surface area contributed by atoms with Crippen LogP contribution in [0.3, 0.4) is 0 Å². The predicted molar refractivity (Wildman–Crippen MR) is 100 cm³/mol. The Kier molecular flexibility index (Phi) is 5.84. The van der Waals surface area contributed by atoms with Crippen molar-refractivity contribution in [3.8, 4) is 11.4 Å². The molecule has 0 aliphatic carbocycles. The maximum atomic E-state index is 12.1. The Morgan fingerprint density at radius 3 is 2.67 bits per heavy atom. The molecule has 0 saturated carbocycles. The molecule has 0 spiro atoms. The van der Waals surface area contributed by atoms with E-state index in [1.165, 1.54) is 0 Å². The van der Waals surface area contributed by atoms with Crippen LogP contribution in [0.15, 0.2) is 66.9 Å². The molecule has 0 aliphatic rings. The number of carbonyl (C=O) groups excluding carboxylic acids is 2. The van der Waals surface area contributed by atoms with E-state index in [0.717, 1.165) is 0 Å². The molecular weight excluding hydrogens is 346 g/mol. The van der Waals surface area contributed by atoms with Crippen LogP contribution >= 0.6 is 0 Å². The van der Waals surface area contributed by atoms with Crippen molar-refractivity contribution < 1.29 is 19.1 Å². The van der Waals surface area contributed by atoms with E-state index >= 15 is 0 Å². The van der Waals surface area contributed by atoms with Crippen LogP contribution in [0.5, 0.6) is 5.75 Å². The highest BCUT2D eigenvalue weighted by atomic mass is 16.5. The number of anilines is 1. The average molecular weight is 365 g/mol. The van der Waals surface area contributed by atoms with Crippen LogP contribution in [0.25, 0.3) is 5.69 Å². The number of amides is 1. The molecule has 0 radical (unpaired) electrons. The highest BCUT2D eigenvalue weighted by Crippen LogP contribution is 2.15. The van der Waals surface area contributed by atoms with E-state index < -0.39 is 5.97 Å². The topological polar surface area (TPSA) is 82.5 Å². The number of nitrogens with one attached hydrogen (secondary N) is 1. The number of ether oxygens (including phenoxy) is 2. The van der Waals surface area contributed by atoms with Crippen molar-refractivity contribution in [2.24, 2.45) is 0 Å². The van der Waals surface area contributed by atoms with Crippen molar-refractivity contribution in [2.45, 2.75) is 6.92 Å². The third-order valence-electron chi connectivity index (χ3n) is 3.58. The Morgan fingerprint density at radius 1 is 1.07 bits per heavy atom. The predicted octanol–water partition coefficient (Wildman–Crippen LogP) is 3.07. The van der Waals surface area contributed by atoms with Gasteiger partial charge in [-0.3, -0.25) is 4.79 Å². The van der Waals surface area contributed by atoms with Crippen molar-refractivity contribution in [3.63, 3.8) is 0 Å². The second kappa shape index (κ2) is 8.66. The summed E-state index contributed by atoms with van der Waals surface area (Å²) < 4.78 is 11.9. The Labute approximate surface area is 156 Å². The molecular formula is C20H19N3O4. The van der Waals surface area contributed by atoms with Crippen LogP contribution in [0.2, 0.25) is 0 Å². The molecule has 1 heterocycles. The second-order valence-corrected chi connectivity index (χ2v) is 5.57. The summed E-state index contributed by atoms with van der Waals surface area (Å²) in [6, 6.07) is 17.8. The van der Waals surface area contributed by atoms with Gasteiger partial charge in [-0.15, -0.1) is 0 Å². The first kappa shape index (κ1) is 18.2. The largest absolute Gasteiger partial charge is 0.484 e. The van der Waals surface area contributed by atoms with Crippen molar-refractivity contribution in [1.29, 1.82) is 0 Å². The third kappa shape index (κ3) is 4.94. The number of esters is 1. The Balaban J connectivity index is 1.63. The van der Waals surface area contributed by atoms with Crippen LogP contribution in [-0.4, -0.2) is 34.9 Å². The van der Waals surface area contributed by atoms with Gasteiger partial charge >= 0.3 is 5.97 Å². The third-order valence-corrected chi connectivity index (χ3v) is 3.58. The first-order valence-corrected chi connectivity index (χ1v) is 8.46. The molecule has 138 valence electrons. The van der Waals surface area contributed by atoms with Crippen LogP contribution in [0.1, 0.15) is 17.4 Å². The Morgan fingerprint density at radius 2 is 1.89 bits per heavy atom. The smallest absolute Gasteiger partial charge is 0.358 e. The van der Waals surface area contributed by atoms with Gasteiger partial charge in [0.15, 0.2) is 12.3 Å². The molecule has 2 aromatic carbocycles. The van der Waals surface area contributed by atoms with Gasteiger partial charge in [0.1, 0.15) is 5.75 Å². The zero-order valence-electron chi connectivity index (χ0n) is 14.8. The van der Waals surface area contributed by atoms with E-state index in [4.69, 9.17) is 9.47 Å². The monoisotopic (exact) mass is 365 g/mol. The fraction of sp³-hybridized carbons (Fsp3) is 0.150. The van der Waals surface area contributed by atoms with Gasteiger partial charge in [-0.05, 0) is 43.3 Å². The molecule has 0 aliphatic heterocycles. The molecule has 1 amide bonds. The summed E-state index contributed by atoms with van der Waals surface area (Å²) >= 11 is 0. The van der Waals surface area contributed by atoms with Crippen LogP contribution in [0.4, 0.5) is 5.69 Å². The molecule has 0 atom stereocenters. The molecule has 7 nitrogen and oxygen atoms in total. The minimum Gasteiger partial charge on any atom is -0.484 e. The van der Waals surface area contributed by atoms with Gasteiger partial charge in [-0.25, -0.2) is 9.48 Å². The summed E-state index contributed by atoms with van der Waals surface area (Å²) in [5, 5.41) is 6.98. The van der Waals surface area contributed by atoms with Gasteiger partial charge in [0.25, 0.3) is 5.91 Å². The summed E-state index contributed by atoms with van der Waals surface area (Å²) in [7, 11) is 0. The maximum Gasteiger partial charge on any atom is 0.358 e. The van der Waals surface area contributed by atoms with Crippen LogP contribution in [-0.2, 0) is 9.53 Å². The van der Waals surface area contributed by atoms with E-state index in [1.807, 2.05) is 24.3 Å². The summed E-state index contributed by atoms with van der Waals surface area (Å²) in [5.41, 5.74) is 1.53. The Hall–Kier alpha value is -3.61. The first-order valence-electron chi connectivity index (χ1n) is 8.46. The highest BCUT2D eigenvalue weighted by Gasteiger charge is 2.11. The molecule has 0 unspecified atom stereocenters. The second-order valence-electron chi connectivity index (χ2n) is 5.57. The van der Waals surface area contributed by atoms with Gasteiger partial charge < -0.3 is 14.8 Å². The van der Waals surface area contributed by atoms with Gasteiger partial charge in [-0.1, -0.05) is 24.3 Å². The standard InChI is InChI=1S/C20H19N3O4/c1-2-26-20(25)18-11-12-23(22-18)16-8-6-7-15(13-16)21-19(24)14-27-17-9-4-3-5-10-17/h3-13H,2,14H2,1H3,(H,21,24). The maximum absolute atomic E-state index is 12.1. The highest BCUT2D eigenvalue weighted by molar-refractivity contribution is 5.92. The lowest BCUT2D eigenvalue weighted by molar-refractivity contribution is -0.118. The fourth-order valence-electron chi connectivity index (χ4n) is 2.37. The Bertz CT molecular complexity index is 922. The van der Waals surface area contributed by atoms with E-state index in [0.29, 0.717) is 17.1 Å². The quantitative estimate of drug-likeness (QED) is 0.651. The normalized spacial score (nSPS) is 10.3. The molecule has 0 saturated heterocycles. The summed E-state index contributed by atoms with van der Waals surface area (Å²) in [5.74, 6) is -0.119. The summed E-state index contributed by atoms with van der Waals surface area (Å²) in [6.45, 7) is 1.93. The number of aromatic nitrogens is 2. The zero-order valence-corrected chi connectivity index (χ0v) is 14.8. The van der Waals surface area contributed by atoms with Crippen LogP contribution < -0.4 is 10.1 Å². The number of hydrogen-bond acceptors (Lipinski definition) is 5. The SMILES string of the molecule is CCOC(=O)c1ccn(-c2cccc(NC(=O)COc3ccccc3)c2)n1. The molecule has 1 aromatic heterocycles. The molecule has 7 heteroatoms. The number of hydrogen-bond donors (Lipinski definition) is 1. The minimum atomic E-state index is -0.473. The fourth-order valence-corrected chi connectivity index (χ4v) is 2.37. The van der Waals surface area contributed by atoms with Crippen LogP contribution in [0, 0.1) is 0 Å². The lowest BCUT2D eigenvalue weighted by Gasteiger charge is -2.09. The van der Waals surface area contributed by atoms with Gasteiger partial charge in [0, 0.05) is 11.9 Å². The molecule has 1 N–H and O–H groups in total. The summed E-state index contributed by atoms with van der Waals surface area (Å²) in [4.78, 5) is 23.8. The van der Waals surface area contributed by atoms with Crippen molar-refractivity contribution >= 4 is 17.6 Å². The number of nitrogens with zero attached hydrogens (tertiary/aromatic N) is 2. The minimum absolute atomic E-state index is 0.0942. The average Bonchev–Trinajstić information content (AvgIpc) is 3.18. The summed E-state index contributed by atoms with van der Waals surface area (Å²) in [6.07, 6.45) is 1.66. The van der Waals surface area contributed by atoms with Gasteiger partial charge in [0.2, 0.25) is 0 Å². The number of carbonyl (C=O) groups is 2. The molecule has 0 bridgehead atoms. The van der Waals surface area contributed by atoms with E-state index in [1.54, 1.807) is 54.2 Å². The van der Waals surface area contributed by atoms with E-state index in [-0.39, 0.29) is 24.8 Å².